The number of rotatable bonds is 5. The average molecular weight is 227 g/mol. The van der Waals surface area contributed by atoms with Gasteiger partial charge in [-0.05, 0) is 24.7 Å². The third-order valence-electron chi connectivity index (χ3n) is 3.05. The number of carbonyl (C=O) groups is 1. The molecule has 0 aromatic rings. The molecule has 1 aliphatic heterocycles. The van der Waals surface area contributed by atoms with Crippen LogP contribution in [0.2, 0.25) is 0 Å². The molecule has 3 heteroatoms. The standard InChI is InChI=1S/C13H25NO2/c1-11(2)10-16-9-6-13(15)14-7-4-12(3)5-8-14/h11-12H,4-10H2,1-3H3. The lowest BCUT2D eigenvalue weighted by Gasteiger charge is -2.30. The Balaban J connectivity index is 2.10. The van der Waals surface area contributed by atoms with Crippen LogP contribution >= 0.6 is 0 Å². The molecule has 1 aliphatic rings. The Hall–Kier alpha value is -0.570. The first-order chi connectivity index (χ1) is 7.59. The highest BCUT2D eigenvalue weighted by molar-refractivity contribution is 5.76. The first-order valence-corrected chi connectivity index (χ1v) is 6.45. The number of likely N-dealkylation sites (tertiary alicyclic amines) is 1. The van der Waals surface area contributed by atoms with Crippen LogP contribution in [0.1, 0.15) is 40.0 Å². The van der Waals surface area contributed by atoms with Crippen molar-refractivity contribution in [1.29, 1.82) is 0 Å². The molecule has 0 saturated carbocycles. The molecular weight excluding hydrogens is 202 g/mol. The van der Waals surface area contributed by atoms with Crippen LogP contribution in [0.4, 0.5) is 0 Å². The highest BCUT2D eigenvalue weighted by atomic mass is 16.5. The van der Waals surface area contributed by atoms with E-state index in [0.717, 1.165) is 38.5 Å². The number of hydrogen-bond donors (Lipinski definition) is 0. The summed E-state index contributed by atoms with van der Waals surface area (Å²) in [5.41, 5.74) is 0. The molecule has 0 bridgehead atoms. The third kappa shape index (κ3) is 4.97. The molecule has 0 radical (unpaired) electrons. The van der Waals surface area contributed by atoms with E-state index in [-0.39, 0.29) is 5.91 Å². The number of nitrogens with zero attached hydrogens (tertiary/aromatic N) is 1. The van der Waals surface area contributed by atoms with Gasteiger partial charge in [-0.15, -0.1) is 0 Å². The Morgan fingerprint density at radius 3 is 2.56 bits per heavy atom. The summed E-state index contributed by atoms with van der Waals surface area (Å²) in [7, 11) is 0. The van der Waals surface area contributed by atoms with Crippen LogP contribution < -0.4 is 0 Å². The van der Waals surface area contributed by atoms with Crippen molar-refractivity contribution in [3.63, 3.8) is 0 Å². The molecule has 0 aromatic heterocycles. The maximum atomic E-state index is 11.8. The zero-order chi connectivity index (χ0) is 12.0. The number of amides is 1. The van der Waals surface area contributed by atoms with Gasteiger partial charge in [0.2, 0.25) is 5.91 Å². The molecule has 0 N–H and O–H groups in total. The van der Waals surface area contributed by atoms with Gasteiger partial charge in [-0.1, -0.05) is 20.8 Å². The van der Waals surface area contributed by atoms with Crippen molar-refractivity contribution < 1.29 is 9.53 Å². The summed E-state index contributed by atoms with van der Waals surface area (Å²) in [6.07, 6.45) is 2.85. The van der Waals surface area contributed by atoms with E-state index in [4.69, 9.17) is 4.74 Å². The van der Waals surface area contributed by atoms with Gasteiger partial charge in [0.1, 0.15) is 0 Å². The van der Waals surface area contributed by atoms with Crippen molar-refractivity contribution in [2.45, 2.75) is 40.0 Å². The van der Waals surface area contributed by atoms with Crippen LogP contribution in [-0.4, -0.2) is 37.1 Å². The SMILES string of the molecule is CC(C)COCCC(=O)N1CCC(C)CC1. The summed E-state index contributed by atoms with van der Waals surface area (Å²) in [5, 5.41) is 0. The minimum Gasteiger partial charge on any atom is -0.381 e. The summed E-state index contributed by atoms with van der Waals surface area (Å²) in [5.74, 6) is 1.59. The second kappa shape index (κ2) is 6.89. The second-order valence-electron chi connectivity index (χ2n) is 5.28. The Morgan fingerprint density at radius 1 is 1.38 bits per heavy atom. The van der Waals surface area contributed by atoms with Crippen molar-refractivity contribution in [3.05, 3.63) is 0 Å². The molecule has 0 aromatic carbocycles. The van der Waals surface area contributed by atoms with Gasteiger partial charge in [0.25, 0.3) is 0 Å². The lowest BCUT2D eigenvalue weighted by Crippen LogP contribution is -2.38. The molecular formula is C13H25NO2. The van der Waals surface area contributed by atoms with E-state index in [1.165, 1.54) is 0 Å². The van der Waals surface area contributed by atoms with Gasteiger partial charge in [-0.2, -0.15) is 0 Å². The molecule has 1 fully saturated rings. The highest BCUT2D eigenvalue weighted by Gasteiger charge is 2.19. The predicted molar refractivity (Wildman–Crippen MR) is 65.3 cm³/mol. The summed E-state index contributed by atoms with van der Waals surface area (Å²) in [4.78, 5) is 13.8. The topological polar surface area (TPSA) is 29.5 Å². The van der Waals surface area contributed by atoms with Crippen LogP contribution in [-0.2, 0) is 9.53 Å². The van der Waals surface area contributed by atoms with E-state index < -0.39 is 0 Å². The van der Waals surface area contributed by atoms with Gasteiger partial charge in [0.05, 0.1) is 13.0 Å². The van der Waals surface area contributed by atoms with Gasteiger partial charge in [0.15, 0.2) is 0 Å². The van der Waals surface area contributed by atoms with Crippen molar-refractivity contribution in [2.24, 2.45) is 11.8 Å². The summed E-state index contributed by atoms with van der Waals surface area (Å²) < 4.78 is 5.43. The first kappa shape index (κ1) is 13.5. The molecule has 1 rings (SSSR count). The molecule has 3 nitrogen and oxygen atoms in total. The number of hydrogen-bond acceptors (Lipinski definition) is 2. The monoisotopic (exact) mass is 227 g/mol. The van der Waals surface area contributed by atoms with Gasteiger partial charge >= 0.3 is 0 Å². The van der Waals surface area contributed by atoms with Crippen molar-refractivity contribution >= 4 is 5.91 Å². The smallest absolute Gasteiger partial charge is 0.224 e. The quantitative estimate of drug-likeness (QED) is 0.675. The molecule has 0 spiro atoms. The molecule has 0 unspecified atom stereocenters. The van der Waals surface area contributed by atoms with Gasteiger partial charge in [-0.25, -0.2) is 0 Å². The molecule has 1 saturated heterocycles. The zero-order valence-electron chi connectivity index (χ0n) is 10.9. The Kier molecular flexibility index (Phi) is 5.81. The fraction of sp³-hybridized carbons (Fsp3) is 0.923. The Labute approximate surface area is 99.1 Å². The van der Waals surface area contributed by atoms with Crippen molar-refractivity contribution in [3.8, 4) is 0 Å². The molecule has 0 atom stereocenters. The van der Waals surface area contributed by atoms with E-state index in [2.05, 4.69) is 20.8 Å². The maximum absolute atomic E-state index is 11.8. The predicted octanol–water partition coefficient (Wildman–Crippen LogP) is 2.31. The largest absolute Gasteiger partial charge is 0.381 e. The van der Waals surface area contributed by atoms with Gasteiger partial charge in [-0.3, -0.25) is 4.79 Å². The van der Waals surface area contributed by atoms with Crippen molar-refractivity contribution in [2.75, 3.05) is 26.3 Å². The summed E-state index contributed by atoms with van der Waals surface area (Å²) in [6, 6.07) is 0. The van der Waals surface area contributed by atoms with Crippen LogP contribution in [0, 0.1) is 11.8 Å². The van der Waals surface area contributed by atoms with Gasteiger partial charge < -0.3 is 9.64 Å². The minimum atomic E-state index is 0.260. The third-order valence-corrected chi connectivity index (χ3v) is 3.05. The number of piperidine rings is 1. The van der Waals surface area contributed by atoms with E-state index in [9.17, 15) is 4.79 Å². The lowest BCUT2D eigenvalue weighted by molar-refractivity contribution is -0.133. The summed E-state index contributed by atoms with van der Waals surface area (Å²) >= 11 is 0. The maximum Gasteiger partial charge on any atom is 0.224 e. The summed E-state index contributed by atoms with van der Waals surface area (Å²) in [6.45, 7) is 9.69. The molecule has 1 heterocycles. The minimum absolute atomic E-state index is 0.260. The second-order valence-corrected chi connectivity index (χ2v) is 5.28. The molecule has 16 heavy (non-hydrogen) atoms. The average Bonchev–Trinajstić information content (AvgIpc) is 2.25. The molecule has 0 aliphatic carbocycles. The number of ether oxygens (including phenoxy) is 1. The fourth-order valence-electron chi connectivity index (χ4n) is 1.89. The van der Waals surface area contributed by atoms with E-state index in [0.29, 0.717) is 18.9 Å². The molecule has 94 valence electrons. The first-order valence-electron chi connectivity index (χ1n) is 6.45. The van der Waals surface area contributed by atoms with Crippen LogP contribution in [0.25, 0.3) is 0 Å². The fourth-order valence-corrected chi connectivity index (χ4v) is 1.89. The van der Waals surface area contributed by atoms with Crippen LogP contribution in [0.3, 0.4) is 0 Å². The Bertz CT molecular complexity index is 208. The van der Waals surface area contributed by atoms with E-state index >= 15 is 0 Å². The van der Waals surface area contributed by atoms with E-state index in [1.807, 2.05) is 4.90 Å². The van der Waals surface area contributed by atoms with Crippen LogP contribution in [0.5, 0.6) is 0 Å². The number of carbonyl (C=O) groups excluding carboxylic acids is 1. The molecule has 1 amide bonds. The lowest BCUT2D eigenvalue weighted by atomic mass is 9.99. The zero-order valence-corrected chi connectivity index (χ0v) is 10.9. The highest BCUT2D eigenvalue weighted by Crippen LogP contribution is 2.16. The van der Waals surface area contributed by atoms with Gasteiger partial charge in [0, 0.05) is 19.7 Å². The Morgan fingerprint density at radius 2 is 2.00 bits per heavy atom. The van der Waals surface area contributed by atoms with Crippen LogP contribution in [0.15, 0.2) is 0 Å². The normalized spacial score (nSPS) is 18.1. The van der Waals surface area contributed by atoms with E-state index in [1.54, 1.807) is 0 Å². The van der Waals surface area contributed by atoms with Crippen molar-refractivity contribution in [1.82, 2.24) is 4.90 Å².